The van der Waals surface area contributed by atoms with Crippen molar-refractivity contribution in [2.45, 2.75) is 25.6 Å². The molecule has 0 saturated heterocycles. The highest BCUT2D eigenvalue weighted by molar-refractivity contribution is 7.11. The fraction of sp³-hybridized carbons (Fsp3) is 0.571. The zero-order valence-corrected chi connectivity index (χ0v) is 7.96. The molecule has 1 aromatic rings. The monoisotopic (exact) mass is 210 g/mol. The molecule has 0 aliphatic rings. The van der Waals surface area contributed by atoms with E-state index in [0.29, 0.717) is 16.2 Å². The SMILES string of the molecule is CC(C)(N)c1cnc(C(F)(F)F)s1. The maximum Gasteiger partial charge on any atom is 0.443 e. The van der Waals surface area contributed by atoms with Gasteiger partial charge in [0, 0.05) is 16.6 Å². The van der Waals surface area contributed by atoms with Crippen molar-refractivity contribution in [2.24, 2.45) is 5.73 Å². The summed E-state index contributed by atoms with van der Waals surface area (Å²) in [5, 5.41) is -0.846. The van der Waals surface area contributed by atoms with Gasteiger partial charge in [0.15, 0.2) is 5.01 Å². The molecule has 1 heterocycles. The number of halogens is 3. The highest BCUT2D eigenvalue weighted by Crippen LogP contribution is 2.34. The van der Waals surface area contributed by atoms with Crippen molar-refractivity contribution in [1.29, 1.82) is 0 Å². The molecular weight excluding hydrogens is 201 g/mol. The highest BCUT2D eigenvalue weighted by Gasteiger charge is 2.35. The Morgan fingerprint density at radius 2 is 1.92 bits per heavy atom. The van der Waals surface area contributed by atoms with Crippen LogP contribution in [0, 0.1) is 0 Å². The lowest BCUT2D eigenvalue weighted by Crippen LogP contribution is -2.27. The van der Waals surface area contributed by atoms with Gasteiger partial charge in [0.2, 0.25) is 0 Å². The van der Waals surface area contributed by atoms with Crippen molar-refractivity contribution in [3.05, 3.63) is 16.1 Å². The number of alkyl halides is 3. The van der Waals surface area contributed by atoms with Crippen molar-refractivity contribution < 1.29 is 13.2 Å². The minimum absolute atomic E-state index is 0.430. The number of nitrogens with two attached hydrogens (primary N) is 1. The lowest BCUT2D eigenvalue weighted by Gasteiger charge is -2.14. The van der Waals surface area contributed by atoms with Crippen LogP contribution in [0.1, 0.15) is 23.7 Å². The second kappa shape index (κ2) is 2.95. The van der Waals surface area contributed by atoms with Crippen molar-refractivity contribution in [2.75, 3.05) is 0 Å². The molecule has 0 aromatic carbocycles. The van der Waals surface area contributed by atoms with Crippen LogP contribution >= 0.6 is 11.3 Å². The van der Waals surface area contributed by atoms with Crippen LogP contribution < -0.4 is 5.73 Å². The molecule has 0 fully saturated rings. The maximum absolute atomic E-state index is 12.1. The van der Waals surface area contributed by atoms with Crippen LogP contribution in [0.15, 0.2) is 6.20 Å². The van der Waals surface area contributed by atoms with Gasteiger partial charge in [-0.2, -0.15) is 13.2 Å². The van der Waals surface area contributed by atoms with Crippen molar-refractivity contribution in [1.82, 2.24) is 4.98 Å². The first-order valence-electron chi connectivity index (χ1n) is 3.53. The van der Waals surface area contributed by atoms with E-state index in [4.69, 9.17) is 5.73 Å². The zero-order valence-electron chi connectivity index (χ0n) is 7.14. The average Bonchev–Trinajstić information content (AvgIpc) is 2.28. The zero-order chi connectivity index (χ0) is 10.3. The van der Waals surface area contributed by atoms with E-state index in [1.54, 1.807) is 13.8 Å². The van der Waals surface area contributed by atoms with E-state index in [9.17, 15) is 13.2 Å². The molecule has 6 heteroatoms. The second-order valence-corrected chi connectivity index (χ2v) is 4.28. The fourth-order valence-corrected chi connectivity index (χ4v) is 1.50. The van der Waals surface area contributed by atoms with Gasteiger partial charge in [0.05, 0.1) is 0 Å². The van der Waals surface area contributed by atoms with E-state index < -0.39 is 16.7 Å². The molecule has 13 heavy (non-hydrogen) atoms. The Hall–Kier alpha value is -0.620. The van der Waals surface area contributed by atoms with Crippen molar-refractivity contribution in [3.63, 3.8) is 0 Å². The van der Waals surface area contributed by atoms with E-state index in [2.05, 4.69) is 4.98 Å². The summed E-state index contributed by atoms with van der Waals surface area (Å²) in [6.45, 7) is 3.28. The highest BCUT2D eigenvalue weighted by atomic mass is 32.1. The van der Waals surface area contributed by atoms with Crippen LogP contribution in [0.4, 0.5) is 13.2 Å². The molecule has 2 nitrogen and oxygen atoms in total. The summed E-state index contributed by atoms with van der Waals surface area (Å²) >= 11 is 0.586. The molecule has 1 aromatic heterocycles. The van der Waals surface area contributed by atoms with Gasteiger partial charge >= 0.3 is 6.18 Å². The Morgan fingerprint density at radius 1 is 1.38 bits per heavy atom. The normalized spacial score (nSPS) is 13.4. The van der Waals surface area contributed by atoms with Crippen LogP contribution in [-0.2, 0) is 11.7 Å². The first-order chi connectivity index (χ1) is 5.71. The van der Waals surface area contributed by atoms with Crippen LogP contribution in [0.3, 0.4) is 0 Å². The molecule has 0 atom stereocenters. The van der Waals surface area contributed by atoms with Crippen LogP contribution in [-0.4, -0.2) is 4.98 Å². The van der Waals surface area contributed by atoms with Gasteiger partial charge in [-0.05, 0) is 13.8 Å². The van der Waals surface area contributed by atoms with Gasteiger partial charge in [0.25, 0.3) is 0 Å². The third-order valence-corrected chi connectivity index (χ3v) is 2.76. The number of nitrogens with zero attached hydrogens (tertiary/aromatic N) is 1. The molecule has 0 amide bonds. The predicted octanol–water partition coefficient (Wildman–Crippen LogP) is 2.36. The molecule has 0 saturated carbocycles. The summed E-state index contributed by atoms with van der Waals surface area (Å²) in [7, 11) is 0. The van der Waals surface area contributed by atoms with Gasteiger partial charge in [0.1, 0.15) is 0 Å². The molecule has 0 aliphatic heterocycles. The second-order valence-electron chi connectivity index (χ2n) is 3.25. The summed E-state index contributed by atoms with van der Waals surface area (Å²) in [5.41, 5.74) is 4.85. The lowest BCUT2D eigenvalue weighted by molar-refractivity contribution is -0.137. The lowest BCUT2D eigenvalue weighted by atomic mass is 10.1. The number of rotatable bonds is 1. The molecule has 0 spiro atoms. The number of aromatic nitrogens is 1. The minimum atomic E-state index is -4.37. The Balaban J connectivity index is 3.01. The van der Waals surface area contributed by atoms with E-state index in [1.807, 2.05) is 0 Å². The summed E-state index contributed by atoms with van der Waals surface area (Å²) in [6, 6.07) is 0. The van der Waals surface area contributed by atoms with Crippen LogP contribution in [0.25, 0.3) is 0 Å². The summed E-state index contributed by atoms with van der Waals surface area (Å²) < 4.78 is 36.3. The third-order valence-electron chi connectivity index (χ3n) is 1.38. The van der Waals surface area contributed by atoms with Gasteiger partial charge in [-0.1, -0.05) is 0 Å². The molecule has 0 aliphatic carbocycles. The molecule has 0 radical (unpaired) electrons. The third kappa shape index (κ3) is 2.41. The van der Waals surface area contributed by atoms with Crippen LogP contribution in [0.5, 0.6) is 0 Å². The number of hydrogen-bond donors (Lipinski definition) is 1. The Morgan fingerprint density at radius 3 is 2.15 bits per heavy atom. The van der Waals surface area contributed by atoms with E-state index >= 15 is 0 Å². The number of thiazole rings is 1. The minimum Gasteiger partial charge on any atom is -0.321 e. The van der Waals surface area contributed by atoms with Crippen LogP contribution in [0.2, 0.25) is 0 Å². The quantitative estimate of drug-likeness (QED) is 0.772. The Kier molecular flexibility index (Phi) is 2.38. The summed E-state index contributed by atoms with van der Waals surface area (Å²) in [5.74, 6) is 0. The van der Waals surface area contributed by atoms with Gasteiger partial charge in [-0.3, -0.25) is 0 Å². The van der Waals surface area contributed by atoms with Gasteiger partial charge in [-0.15, -0.1) is 11.3 Å². The van der Waals surface area contributed by atoms with E-state index in [0.717, 1.165) is 0 Å². The van der Waals surface area contributed by atoms with Gasteiger partial charge < -0.3 is 5.73 Å². The van der Waals surface area contributed by atoms with E-state index in [-0.39, 0.29) is 0 Å². The van der Waals surface area contributed by atoms with Gasteiger partial charge in [-0.25, -0.2) is 4.98 Å². The molecular formula is C7H9F3N2S. The average molecular weight is 210 g/mol. The van der Waals surface area contributed by atoms with Crippen molar-refractivity contribution >= 4 is 11.3 Å². The molecule has 2 N–H and O–H groups in total. The number of hydrogen-bond acceptors (Lipinski definition) is 3. The standard InChI is InChI=1S/C7H9F3N2S/c1-6(2,11)4-3-12-5(13-4)7(8,9)10/h3H,11H2,1-2H3. The topological polar surface area (TPSA) is 38.9 Å². The smallest absolute Gasteiger partial charge is 0.321 e. The Bertz CT molecular complexity index is 269. The fourth-order valence-electron chi connectivity index (χ4n) is 0.703. The largest absolute Gasteiger partial charge is 0.443 e. The summed E-state index contributed by atoms with van der Waals surface area (Å²) in [4.78, 5) is 3.70. The Labute approximate surface area is 77.6 Å². The molecule has 74 valence electrons. The maximum atomic E-state index is 12.1. The first-order valence-corrected chi connectivity index (χ1v) is 4.35. The predicted molar refractivity (Wildman–Crippen MR) is 44.3 cm³/mol. The first kappa shape index (κ1) is 10.5. The molecule has 0 unspecified atom stereocenters. The summed E-state index contributed by atoms with van der Waals surface area (Å²) in [6.07, 6.45) is -3.19. The molecule has 0 bridgehead atoms. The van der Waals surface area contributed by atoms with Crippen molar-refractivity contribution in [3.8, 4) is 0 Å². The van der Waals surface area contributed by atoms with E-state index in [1.165, 1.54) is 6.20 Å². The molecule has 1 rings (SSSR count).